The van der Waals surface area contributed by atoms with Crippen LogP contribution in [0.5, 0.6) is 0 Å². The molecule has 1 aromatic rings. The summed E-state index contributed by atoms with van der Waals surface area (Å²) in [6.07, 6.45) is 0.830. The van der Waals surface area contributed by atoms with Crippen LogP contribution in [0.4, 0.5) is 0 Å². The van der Waals surface area contributed by atoms with Crippen LogP contribution in [0.2, 0.25) is 0 Å². The number of hydrogen-bond acceptors (Lipinski definition) is 6. The first-order chi connectivity index (χ1) is 5.52. The Morgan fingerprint density at radius 3 is 2.69 bits per heavy atom. The van der Waals surface area contributed by atoms with Crippen molar-refractivity contribution in [3.05, 3.63) is 6.20 Å². The van der Waals surface area contributed by atoms with E-state index in [1.54, 1.807) is 13.8 Å². The highest BCUT2D eigenvalue weighted by molar-refractivity contribution is 7.66. The molecule has 8 heteroatoms. The summed E-state index contributed by atoms with van der Waals surface area (Å²) in [5.41, 5.74) is 0. The third kappa shape index (κ3) is 3.50. The molecule has 0 amide bonds. The van der Waals surface area contributed by atoms with Crippen LogP contribution in [0.3, 0.4) is 0 Å². The van der Waals surface area contributed by atoms with Crippen molar-refractivity contribution in [2.45, 2.75) is 20.0 Å². The molecule has 6 nitrogen and oxygen atoms in total. The summed E-state index contributed by atoms with van der Waals surface area (Å²) in [6.45, 7) is 3.30. The Bertz CT molecular complexity index is 289. The minimum atomic E-state index is -3.91. The van der Waals surface area contributed by atoms with Crippen LogP contribution in [0.25, 0.3) is 0 Å². The summed E-state index contributed by atoms with van der Waals surface area (Å²) >= 11 is 0.810. The fraction of sp³-hybridized carbons (Fsp3) is 0.600. The quantitative estimate of drug-likeness (QED) is 0.753. The maximum atomic E-state index is 11.2. The first-order valence-corrected chi connectivity index (χ1v) is 5.61. The van der Waals surface area contributed by atoms with Crippen molar-refractivity contribution in [2.75, 3.05) is 0 Å². The van der Waals surface area contributed by atoms with Crippen LogP contribution in [0.1, 0.15) is 13.8 Å². The van der Waals surface area contributed by atoms with Gasteiger partial charge in [-0.15, -0.1) is 5.10 Å². The maximum absolute atomic E-state index is 11.2. The van der Waals surface area contributed by atoms with Gasteiger partial charge >= 0.3 is 0 Å². The van der Waals surface area contributed by atoms with Gasteiger partial charge in [0.25, 0.3) is 0 Å². The SMILES string of the molecule is CC(C)OP(=O)([O-])c1cnns1.[NH4+]. The van der Waals surface area contributed by atoms with Crippen LogP contribution >= 0.6 is 19.1 Å². The Kier molecular flexibility index (Phi) is 4.66. The minimum absolute atomic E-state index is 0. The molecule has 1 aromatic heterocycles. The van der Waals surface area contributed by atoms with Gasteiger partial charge in [0.05, 0.1) is 12.3 Å². The predicted molar refractivity (Wildman–Crippen MR) is 49.4 cm³/mol. The summed E-state index contributed by atoms with van der Waals surface area (Å²) in [6, 6.07) is 0. The predicted octanol–water partition coefficient (Wildman–Crippen LogP) is 0.518. The fourth-order valence-electron chi connectivity index (χ4n) is 0.612. The van der Waals surface area contributed by atoms with Gasteiger partial charge in [-0.25, -0.2) is 0 Å². The van der Waals surface area contributed by atoms with E-state index in [-0.39, 0.29) is 16.9 Å². The number of quaternary nitrogens is 1. The highest BCUT2D eigenvalue weighted by Crippen LogP contribution is 2.37. The summed E-state index contributed by atoms with van der Waals surface area (Å²) < 4.78 is 19.5. The van der Waals surface area contributed by atoms with Gasteiger partial charge in [-0.05, 0) is 25.4 Å². The Labute approximate surface area is 80.2 Å². The van der Waals surface area contributed by atoms with E-state index in [1.165, 1.54) is 6.20 Å². The van der Waals surface area contributed by atoms with Crippen molar-refractivity contribution < 1.29 is 14.0 Å². The monoisotopic (exact) mass is 225 g/mol. The van der Waals surface area contributed by atoms with E-state index >= 15 is 0 Å². The number of rotatable bonds is 3. The molecule has 0 aliphatic carbocycles. The molecule has 13 heavy (non-hydrogen) atoms. The van der Waals surface area contributed by atoms with Crippen LogP contribution < -0.4 is 15.7 Å². The van der Waals surface area contributed by atoms with Crippen LogP contribution in [-0.2, 0) is 9.09 Å². The van der Waals surface area contributed by atoms with E-state index in [4.69, 9.17) is 4.52 Å². The molecule has 0 spiro atoms. The zero-order valence-corrected chi connectivity index (χ0v) is 9.34. The largest absolute Gasteiger partial charge is 0.774 e. The van der Waals surface area contributed by atoms with Crippen molar-refractivity contribution in [3.63, 3.8) is 0 Å². The molecule has 0 saturated carbocycles. The van der Waals surface area contributed by atoms with Crippen molar-refractivity contribution in [1.82, 2.24) is 15.7 Å². The second-order valence-corrected chi connectivity index (χ2v) is 5.18. The lowest BCUT2D eigenvalue weighted by Crippen LogP contribution is -2.17. The van der Waals surface area contributed by atoms with Crippen molar-refractivity contribution in [1.29, 1.82) is 0 Å². The molecule has 0 aliphatic rings. The third-order valence-corrected chi connectivity index (χ3v) is 3.71. The van der Waals surface area contributed by atoms with Crippen LogP contribution in [0, 0.1) is 0 Å². The third-order valence-electron chi connectivity index (χ3n) is 0.969. The number of aromatic nitrogens is 2. The molecule has 4 N–H and O–H groups in total. The highest BCUT2D eigenvalue weighted by Gasteiger charge is 2.16. The molecule has 1 rings (SSSR count). The van der Waals surface area contributed by atoms with Crippen molar-refractivity contribution in [3.8, 4) is 0 Å². The van der Waals surface area contributed by atoms with Gasteiger partial charge in [-0.3, -0.25) is 0 Å². The highest BCUT2D eigenvalue weighted by atomic mass is 32.1. The molecule has 1 heterocycles. The smallest absolute Gasteiger partial charge is 0.178 e. The lowest BCUT2D eigenvalue weighted by molar-refractivity contribution is -0.196. The standard InChI is InChI=1S/C5H9N2O3PS.H3N/c1-4(2)10-11(8,9)5-3-6-7-12-5;/h3-4H,1-2H3,(H,8,9);1H3. The molecule has 76 valence electrons. The van der Waals surface area contributed by atoms with E-state index in [2.05, 4.69) is 9.59 Å². The topological polar surface area (TPSA) is 112 Å². The Balaban J connectivity index is 0.00000144. The minimum Gasteiger partial charge on any atom is -0.774 e. The van der Waals surface area contributed by atoms with Gasteiger partial charge in [-0.2, -0.15) is 0 Å². The average Bonchev–Trinajstić information content (AvgIpc) is 2.32. The summed E-state index contributed by atoms with van der Waals surface area (Å²) in [4.78, 5) is 11.2. The number of nitrogens with zero attached hydrogens (tertiary/aromatic N) is 2. The van der Waals surface area contributed by atoms with Gasteiger partial charge in [0.15, 0.2) is 7.60 Å². The number of hydrogen-bond donors (Lipinski definition) is 1. The van der Waals surface area contributed by atoms with Gasteiger partial charge in [-0.1, -0.05) is 4.49 Å². The lowest BCUT2D eigenvalue weighted by atomic mass is 10.5. The molecular formula is C5H12N3O3PS. The second kappa shape index (κ2) is 4.78. The second-order valence-electron chi connectivity index (χ2n) is 2.41. The maximum Gasteiger partial charge on any atom is 0.178 e. The zero-order valence-electron chi connectivity index (χ0n) is 7.63. The lowest BCUT2D eigenvalue weighted by Gasteiger charge is -2.22. The fourth-order valence-corrected chi connectivity index (χ4v) is 2.38. The molecule has 0 aliphatic heterocycles. The van der Waals surface area contributed by atoms with Gasteiger partial charge in [0, 0.05) is 0 Å². The Morgan fingerprint density at radius 1 is 1.69 bits per heavy atom. The van der Waals surface area contributed by atoms with Gasteiger partial charge < -0.3 is 20.1 Å². The van der Waals surface area contributed by atoms with Crippen molar-refractivity contribution in [2.24, 2.45) is 0 Å². The zero-order chi connectivity index (χ0) is 9.19. The van der Waals surface area contributed by atoms with E-state index in [1.807, 2.05) is 0 Å². The first-order valence-electron chi connectivity index (χ1n) is 3.30. The summed E-state index contributed by atoms with van der Waals surface area (Å²) in [7, 11) is -3.91. The summed E-state index contributed by atoms with van der Waals surface area (Å²) in [5.74, 6) is 0. The van der Waals surface area contributed by atoms with E-state index in [9.17, 15) is 9.46 Å². The molecule has 0 saturated heterocycles. The normalized spacial score (nSPS) is 15.1. The molecular weight excluding hydrogens is 213 g/mol. The van der Waals surface area contributed by atoms with Gasteiger partial charge in [0.1, 0.15) is 4.62 Å². The molecule has 0 fully saturated rings. The van der Waals surface area contributed by atoms with Crippen molar-refractivity contribution >= 4 is 23.7 Å². The molecule has 0 aromatic carbocycles. The van der Waals surface area contributed by atoms with E-state index in [0.29, 0.717) is 0 Å². The van der Waals surface area contributed by atoms with E-state index < -0.39 is 7.60 Å². The van der Waals surface area contributed by atoms with Gasteiger partial charge in [0.2, 0.25) is 0 Å². The van der Waals surface area contributed by atoms with Crippen LogP contribution in [0.15, 0.2) is 6.20 Å². The molecule has 0 radical (unpaired) electrons. The first kappa shape index (κ1) is 12.7. The van der Waals surface area contributed by atoms with E-state index in [0.717, 1.165) is 11.5 Å². The Hall–Kier alpha value is -0.330. The molecule has 1 atom stereocenters. The molecule has 1 unspecified atom stereocenters. The molecule has 0 bridgehead atoms. The average molecular weight is 225 g/mol. The van der Waals surface area contributed by atoms with Crippen LogP contribution in [-0.4, -0.2) is 15.7 Å². The Morgan fingerprint density at radius 2 is 2.31 bits per heavy atom. The summed E-state index contributed by atoms with van der Waals surface area (Å²) in [5, 5.41) is 3.41.